The number of rotatable bonds is 7. The lowest BCUT2D eigenvalue weighted by Gasteiger charge is -2.32. The van der Waals surface area contributed by atoms with Gasteiger partial charge in [0.05, 0.1) is 0 Å². The maximum atomic E-state index is 11.6. The molecule has 116 valence electrons. The quantitative estimate of drug-likeness (QED) is 0.804. The van der Waals surface area contributed by atoms with Crippen LogP contribution in [0.5, 0.6) is 0 Å². The first kappa shape index (κ1) is 16.0. The summed E-state index contributed by atoms with van der Waals surface area (Å²) in [7, 11) is 0. The number of amides is 1. The van der Waals surface area contributed by atoms with Gasteiger partial charge in [-0.3, -0.25) is 9.69 Å². The lowest BCUT2D eigenvalue weighted by Crippen LogP contribution is -2.38. The molecule has 0 saturated carbocycles. The highest BCUT2D eigenvalue weighted by Crippen LogP contribution is 2.18. The molecule has 2 rings (SSSR count). The largest absolute Gasteiger partial charge is 0.356 e. The molecule has 0 spiro atoms. The van der Waals surface area contributed by atoms with Crippen LogP contribution in [-0.4, -0.2) is 37.0 Å². The Hall–Kier alpha value is -1.39. The first-order valence-corrected chi connectivity index (χ1v) is 8.01. The van der Waals surface area contributed by atoms with Crippen molar-refractivity contribution in [3.63, 3.8) is 0 Å². The molecule has 0 atom stereocenters. The van der Waals surface area contributed by atoms with Gasteiger partial charge >= 0.3 is 0 Å². The molecule has 1 heterocycles. The van der Waals surface area contributed by atoms with Crippen molar-refractivity contribution in [2.24, 2.45) is 11.7 Å². The maximum absolute atomic E-state index is 11.6. The normalized spacial score (nSPS) is 16.8. The van der Waals surface area contributed by atoms with Crippen molar-refractivity contribution in [2.45, 2.75) is 32.2 Å². The Labute approximate surface area is 127 Å². The van der Waals surface area contributed by atoms with Gasteiger partial charge < -0.3 is 11.1 Å². The molecule has 0 aromatic heterocycles. The minimum Gasteiger partial charge on any atom is -0.356 e. The van der Waals surface area contributed by atoms with Crippen LogP contribution >= 0.6 is 0 Å². The average molecular weight is 289 g/mol. The molecule has 0 bridgehead atoms. The summed E-state index contributed by atoms with van der Waals surface area (Å²) in [5.74, 6) is 0.769. The minimum atomic E-state index is 0.146. The number of nitrogens with one attached hydrogen (secondary N) is 1. The second-order valence-corrected chi connectivity index (χ2v) is 5.90. The van der Waals surface area contributed by atoms with Crippen LogP contribution in [0, 0.1) is 5.92 Å². The predicted octanol–water partition coefficient (Wildman–Crippen LogP) is 1.75. The van der Waals surface area contributed by atoms with E-state index >= 15 is 0 Å². The number of benzene rings is 1. The van der Waals surface area contributed by atoms with Crippen molar-refractivity contribution in [1.82, 2.24) is 10.2 Å². The smallest absolute Gasteiger partial charge is 0.220 e. The van der Waals surface area contributed by atoms with E-state index in [9.17, 15) is 4.79 Å². The molecule has 3 N–H and O–H groups in total. The molecule has 1 aromatic carbocycles. The highest BCUT2D eigenvalue weighted by Gasteiger charge is 2.19. The van der Waals surface area contributed by atoms with Crippen LogP contribution in [-0.2, 0) is 11.3 Å². The van der Waals surface area contributed by atoms with Gasteiger partial charge in [-0.15, -0.1) is 0 Å². The summed E-state index contributed by atoms with van der Waals surface area (Å²) in [6.45, 7) is 4.70. The lowest BCUT2D eigenvalue weighted by molar-refractivity contribution is -0.121. The van der Waals surface area contributed by atoms with Crippen LogP contribution in [0.15, 0.2) is 30.3 Å². The fraction of sp³-hybridized carbons (Fsp3) is 0.588. The monoisotopic (exact) mass is 289 g/mol. The second kappa shape index (κ2) is 8.80. The van der Waals surface area contributed by atoms with Crippen molar-refractivity contribution in [3.05, 3.63) is 35.9 Å². The Balaban J connectivity index is 1.63. The van der Waals surface area contributed by atoms with Gasteiger partial charge in [-0.1, -0.05) is 30.3 Å². The van der Waals surface area contributed by atoms with E-state index < -0.39 is 0 Å². The first-order valence-electron chi connectivity index (χ1n) is 8.01. The van der Waals surface area contributed by atoms with Crippen molar-refractivity contribution in [1.29, 1.82) is 0 Å². The second-order valence-electron chi connectivity index (χ2n) is 5.90. The summed E-state index contributed by atoms with van der Waals surface area (Å²) < 4.78 is 0. The van der Waals surface area contributed by atoms with Gasteiger partial charge in [-0.05, 0) is 50.4 Å². The number of nitrogens with zero attached hydrogens (tertiary/aromatic N) is 1. The van der Waals surface area contributed by atoms with Crippen LogP contribution < -0.4 is 11.1 Å². The number of piperidine rings is 1. The van der Waals surface area contributed by atoms with Crippen LogP contribution in [0.1, 0.15) is 31.2 Å². The van der Waals surface area contributed by atoms with Crippen LogP contribution in [0.25, 0.3) is 0 Å². The summed E-state index contributed by atoms with van der Waals surface area (Å²) in [6, 6.07) is 10.6. The number of carbonyl (C=O) groups is 1. The predicted molar refractivity (Wildman–Crippen MR) is 85.7 cm³/mol. The molecule has 0 unspecified atom stereocenters. The SMILES string of the molecule is NCCCC(=O)NCC1CCN(Cc2ccccc2)CC1. The average Bonchev–Trinajstić information content (AvgIpc) is 2.53. The molecule has 1 aliphatic heterocycles. The molecular weight excluding hydrogens is 262 g/mol. The third-order valence-electron chi connectivity index (χ3n) is 4.15. The van der Waals surface area contributed by atoms with Gasteiger partial charge in [0.15, 0.2) is 0 Å². The molecule has 4 heteroatoms. The highest BCUT2D eigenvalue weighted by atomic mass is 16.1. The zero-order valence-electron chi connectivity index (χ0n) is 12.8. The van der Waals surface area contributed by atoms with Crippen molar-refractivity contribution >= 4 is 5.91 Å². The maximum Gasteiger partial charge on any atom is 0.220 e. The van der Waals surface area contributed by atoms with Gasteiger partial charge in [-0.2, -0.15) is 0 Å². The van der Waals surface area contributed by atoms with Crippen molar-refractivity contribution in [3.8, 4) is 0 Å². The highest BCUT2D eigenvalue weighted by molar-refractivity contribution is 5.75. The Morgan fingerprint density at radius 3 is 2.62 bits per heavy atom. The molecule has 21 heavy (non-hydrogen) atoms. The molecule has 1 saturated heterocycles. The van der Waals surface area contributed by atoms with Crippen LogP contribution in [0.2, 0.25) is 0 Å². The third-order valence-corrected chi connectivity index (χ3v) is 4.15. The first-order chi connectivity index (χ1) is 10.3. The van der Waals surface area contributed by atoms with E-state index in [1.807, 2.05) is 0 Å². The number of carbonyl (C=O) groups excluding carboxylic acids is 1. The molecule has 1 aromatic rings. The van der Waals surface area contributed by atoms with Gasteiger partial charge in [0.2, 0.25) is 5.91 Å². The van der Waals surface area contributed by atoms with E-state index in [0.717, 1.165) is 32.6 Å². The molecule has 1 amide bonds. The van der Waals surface area contributed by atoms with E-state index in [1.54, 1.807) is 0 Å². The van der Waals surface area contributed by atoms with E-state index in [1.165, 1.54) is 18.4 Å². The molecular formula is C17H27N3O. The summed E-state index contributed by atoms with van der Waals surface area (Å²) in [4.78, 5) is 14.1. The third kappa shape index (κ3) is 5.86. The van der Waals surface area contributed by atoms with Gasteiger partial charge in [0, 0.05) is 19.5 Å². The zero-order valence-corrected chi connectivity index (χ0v) is 12.8. The van der Waals surface area contributed by atoms with E-state index in [4.69, 9.17) is 5.73 Å². The Morgan fingerprint density at radius 2 is 1.95 bits per heavy atom. The summed E-state index contributed by atoms with van der Waals surface area (Å²) in [5.41, 5.74) is 6.79. The van der Waals surface area contributed by atoms with E-state index in [0.29, 0.717) is 18.9 Å². The molecule has 4 nitrogen and oxygen atoms in total. The number of nitrogens with two attached hydrogens (primary N) is 1. The summed E-state index contributed by atoms with van der Waals surface area (Å²) >= 11 is 0. The minimum absolute atomic E-state index is 0.146. The van der Waals surface area contributed by atoms with Gasteiger partial charge in [0.25, 0.3) is 0 Å². The Morgan fingerprint density at radius 1 is 1.24 bits per heavy atom. The molecule has 1 aliphatic rings. The molecule has 0 radical (unpaired) electrons. The van der Waals surface area contributed by atoms with Gasteiger partial charge in [0.1, 0.15) is 0 Å². The van der Waals surface area contributed by atoms with E-state index in [-0.39, 0.29) is 5.91 Å². The Kier molecular flexibility index (Phi) is 6.70. The standard InChI is InChI=1S/C17H27N3O/c18-10-4-7-17(21)19-13-15-8-11-20(12-9-15)14-16-5-2-1-3-6-16/h1-3,5-6,15H,4,7-14,18H2,(H,19,21). The fourth-order valence-electron chi connectivity index (χ4n) is 2.80. The summed E-state index contributed by atoms with van der Waals surface area (Å²) in [5, 5.41) is 3.04. The number of likely N-dealkylation sites (tertiary alicyclic amines) is 1. The lowest BCUT2D eigenvalue weighted by atomic mass is 9.96. The molecule has 0 aliphatic carbocycles. The topological polar surface area (TPSA) is 58.4 Å². The van der Waals surface area contributed by atoms with Gasteiger partial charge in [-0.25, -0.2) is 0 Å². The van der Waals surface area contributed by atoms with Crippen LogP contribution in [0.3, 0.4) is 0 Å². The number of hydrogen-bond donors (Lipinski definition) is 2. The van der Waals surface area contributed by atoms with Crippen LogP contribution in [0.4, 0.5) is 0 Å². The molecule has 1 fully saturated rings. The Bertz CT molecular complexity index is 413. The van der Waals surface area contributed by atoms with Crippen molar-refractivity contribution < 1.29 is 4.79 Å². The van der Waals surface area contributed by atoms with Crippen molar-refractivity contribution in [2.75, 3.05) is 26.2 Å². The zero-order chi connectivity index (χ0) is 14.9. The number of hydrogen-bond acceptors (Lipinski definition) is 3. The summed E-state index contributed by atoms with van der Waals surface area (Å²) in [6.07, 6.45) is 3.68. The fourth-order valence-corrected chi connectivity index (χ4v) is 2.80. The van der Waals surface area contributed by atoms with E-state index in [2.05, 4.69) is 40.5 Å².